The number of nitrogens with zero attached hydrogens (tertiary/aromatic N) is 1. The molecule has 0 spiro atoms. The van der Waals surface area contributed by atoms with E-state index in [0.717, 1.165) is 32.4 Å². The summed E-state index contributed by atoms with van der Waals surface area (Å²) in [7, 11) is 0. The van der Waals surface area contributed by atoms with Crippen LogP contribution in [0.4, 0.5) is 13.2 Å². The molecule has 2 N–H and O–H groups in total. The molecule has 0 bridgehead atoms. The van der Waals surface area contributed by atoms with Crippen LogP contribution < -0.4 is 5.73 Å². The molecule has 2 unspecified atom stereocenters. The van der Waals surface area contributed by atoms with Crippen molar-refractivity contribution >= 4 is 0 Å². The van der Waals surface area contributed by atoms with E-state index in [2.05, 4.69) is 4.90 Å². The summed E-state index contributed by atoms with van der Waals surface area (Å²) in [6.45, 7) is 5.93. The Labute approximate surface area is 101 Å². The van der Waals surface area contributed by atoms with Crippen molar-refractivity contribution in [1.29, 1.82) is 0 Å². The van der Waals surface area contributed by atoms with E-state index in [1.54, 1.807) is 0 Å². The molecular weight excluding hydrogens is 229 g/mol. The number of hydrogen-bond donors (Lipinski definition) is 1. The van der Waals surface area contributed by atoms with E-state index in [1.807, 2.05) is 13.8 Å². The Bertz CT molecular complexity index is 236. The highest BCUT2D eigenvalue weighted by Crippen LogP contribution is 2.31. The van der Waals surface area contributed by atoms with E-state index in [1.165, 1.54) is 0 Å². The Hall–Kier alpha value is -0.290. The average molecular weight is 252 g/mol. The fourth-order valence-corrected chi connectivity index (χ4v) is 2.58. The van der Waals surface area contributed by atoms with Crippen LogP contribution in [0.15, 0.2) is 0 Å². The zero-order chi connectivity index (χ0) is 13.1. The van der Waals surface area contributed by atoms with Crippen molar-refractivity contribution < 1.29 is 13.2 Å². The minimum absolute atomic E-state index is 0.0182. The number of rotatable bonds is 5. The van der Waals surface area contributed by atoms with Crippen LogP contribution in [0.25, 0.3) is 0 Å². The summed E-state index contributed by atoms with van der Waals surface area (Å²) < 4.78 is 36.6. The average Bonchev–Trinajstić information content (AvgIpc) is 2.77. The van der Waals surface area contributed by atoms with Gasteiger partial charge in [0.1, 0.15) is 0 Å². The minimum Gasteiger partial charge on any atom is -0.326 e. The van der Waals surface area contributed by atoms with Gasteiger partial charge in [-0.3, -0.25) is 4.90 Å². The molecule has 1 aliphatic heterocycles. The van der Waals surface area contributed by atoms with Gasteiger partial charge in [0, 0.05) is 18.0 Å². The molecule has 17 heavy (non-hydrogen) atoms. The van der Waals surface area contributed by atoms with E-state index in [-0.39, 0.29) is 12.0 Å². The number of hydrogen-bond acceptors (Lipinski definition) is 2. The largest absolute Gasteiger partial charge is 0.389 e. The van der Waals surface area contributed by atoms with Gasteiger partial charge in [0.2, 0.25) is 0 Å². The molecule has 0 aromatic heterocycles. The molecule has 1 rings (SSSR count). The monoisotopic (exact) mass is 252 g/mol. The normalized spacial score (nSPS) is 23.6. The third-order valence-corrected chi connectivity index (χ3v) is 4.08. The zero-order valence-electron chi connectivity index (χ0n) is 10.7. The Balaban J connectivity index is 2.58. The van der Waals surface area contributed by atoms with Gasteiger partial charge < -0.3 is 5.73 Å². The summed E-state index contributed by atoms with van der Waals surface area (Å²) in [5.74, 6) is 0. The first-order chi connectivity index (χ1) is 7.79. The van der Waals surface area contributed by atoms with Gasteiger partial charge in [0.25, 0.3) is 0 Å². The van der Waals surface area contributed by atoms with E-state index < -0.39 is 18.6 Å². The zero-order valence-corrected chi connectivity index (χ0v) is 10.7. The summed E-state index contributed by atoms with van der Waals surface area (Å²) in [5.41, 5.74) is 5.72. The Kier molecular flexibility index (Phi) is 4.84. The van der Waals surface area contributed by atoms with Crippen LogP contribution in [0.2, 0.25) is 0 Å². The van der Waals surface area contributed by atoms with Crippen LogP contribution in [0.5, 0.6) is 0 Å². The molecule has 0 amide bonds. The highest BCUT2D eigenvalue weighted by Gasteiger charge is 2.39. The van der Waals surface area contributed by atoms with Crippen molar-refractivity contribution in [3.63, 3.8) is 0 Å². The maximum atomic E-state index is 12.2. The summed E-state index contributed by atoms with van der Waals surface area (Å²) in [6.07, 6.45) is -1.81. The van der Waals surface area contributed by atoms with Crippen molar-refractivity contribution in [2.45, 2.75) is 63.7 Å². The standard InChI is InChI=1S/C12H23F3N2/c1-3-11(2,17-8-4-5-9-17)10(16)6-7-12(13,14)15/h10H,3-9,16H2,1-2H3. The molecule has 1 saturated heterocycles. The predicted molar refractivity (Wildman–Crippen MR) is 62.8 cm³/mol. The van der Waals surface area contributed by atoms with Crippen LogP contribution in [0.1, 0.15) is 46.0 Å². The van der Waals surface area contributed by atoms with Crippen molar-refractivity contribution in [2.24, 2.45) is 5.73 Å². The molecule has 102 valence electrons. The number of alkyl halides is 3. The lowest BCUT2D eigenvalue weighted by Crippen LogP contribution is -2.57. The van der Waals surface area contributed by atoms with Crippen LogP contribution >= 0.6 is 0 Å². The van der Waals surface area contributed by atoms with Gasteiger partial charge in [0.15, 0.2) is 0 Å². The molecule has 2 atom stereocenters. The first-order valence-electron chi connectivity index (χ1n) is 6.37. The van der Waals surface area contributed by atoms with Crippen LogP contribution in [0, 0.1) is 0 Å². The fraction of sp³-hybridized carbons (Fsp3) is 1.00. The van der Waals surface area contributed by atoms with Gasteiger partial charge in [-0.2, -0.15) is 13.2 Å². The van der Waals surface area contributed by atoms with Crippen LogP contribution in [0.3, 0.4) is 0 Å². The third kappa shape index (κ3) is 3.85. The lowest BCUT2D eigenvalue weighted by Gasteiger charge is -2.43. The van der Waals surface area contributed by atoms with Crippen molar-refractivity contribution in [3.05, 3.63) is 0 Å². The fourth-order valence-electron chi connectivity index (χ4n) is 2.58. The van der Waals surface area contributed by atoms with Gasteiger partial charge in [-0.15, -0.1) is 0 Å². The summed E-state index contributed by atoms with van der Waals surface area (Å²) in [6, 6.07) is -0.410. The topological polar surface area (TPSA) is 29.3 Å². The second kappa shape index (κ2) is 5.57. The maximum absolute atomic E-state index is 12.2. The van der Waals surface area contributed by atoms with Gasteiger partial charge in [0.05, 0.1) is 0 Å². The van der Waals surface area contributed by atoms with Gasteiger partial charge in [-0.25, -0.2) is 0 Å². The molecule has 0 radical (unpaired) electrons. The molecule has 0 aromatic rings. The van der Waals surface area contributed by atoms with Crippen molar-refractivity contribution in [1.82, 2.24) is 4.90 Å². The molecular formula is C12H23F3N2. The van der Waals surface area contributed by atoms with Gasteiger partial charge >= 0.3 is 6.18 Å². The summed E-state index contributed by atoms with van der Waals surface area (Å²) >= 11 is 0. The Morgan fingerprint density at radius 1 is 1.24 bits per heavy atom. The van der Waals surface area contributed by atoms with Crippen LogP contribution in [-0.4, -0.2) is 35.7 Å². The van der Waals surface area contributed by atoms with E-state index >= 15 is 0 Å². The minimum atomic E-state index is -4.10. The first kappa shape index (κ1) is 14.8. The van der Waals surface area contributed by atoms with Gasteiger partial charge in [-0.05, 0) is 45.7 Å². The highest BCUT2D eigenvalue weighted by atomic mass is 19.4. The molecule has 2 nitrogen and oxygen atoms in total. The third-order valence-electron chi connectivity index (χ3n) is 4.08. The van der Waals surface area contributed by atoms with Crippen LogP contribution in [-0.2, 0) is 0 Å². The molecule has 5 heteroatoms. The van der Waals surface area contributed by atoms with Crippen molar-refractivity contribution in [2.75, 3.05) is 13.1 Å². The van der Waals surface area contributed by atoms with E-state index in [0.29, 0.717) is 0 Å². The van der Waals surface area contributed by atoms with Gasteiger partial charge in [-0.1, -0.05) is 6.92 Å². The number of halogens is 3. The molecule has 0 saturated carbocycles. The molecule has 1 aliphatic rings. The molecule has 1 fully saturated rings. The second-order valence-electron chi connectivity index (χ2n) is 5.17. The first-order valence-corrected chi connectivity index (χ1v) is 6.37. The molecule has 1 heterocycles. The molecule has 0 aliphatic carbocycles. The number of nitrogens with two attached hydrogens (primary N) is 1. The predicted octanol–water partition coefficient (Wildman–Crippen LogP) is 2.92. The number of likely N-dealkylation sites (tertiary alicyclic amines) is 1. The lowest BCUT2D eigenvalue weighted by molar-refractivity contribution is -0.137. The smallest absolute Gasteiger partial charge is 0.326 e. The Morgan fingerprint density at radius 2 is 1.76 bits per heavy atom. The maximum Gasteiger partial charge on any atom is 0.389 e. The van der Waals surface area contributed by atoms with E-state index in [4.69, 9.17) is 5.73 Å². The Morgan fingerprint density at radius 3 is 2.18 bits per heavy atom. The lowest BCUT2D eigenvalue weighted by atomic mass is 9.85. The SMILES string of the molecule is CCC(C)(C(N)CCC(F)(F)F)N1CCCC1. The highest BCUT2D eigenvalue weighted by molar-refractivity contribution is 4.96. The van der Waals surface area contributed by atoms with Crippen molar-refractivity contribution in [3.8, 4) is 0 Å². The van der Waals surface area contributed by atoms with E-state index in [9.17, 15) is 13.2 Å². The quantitative estimate of drug-likeness (QED) is 0.815. The summed E-state index contributed by atoms with van der Waals surface area (Å²) in [5, 5.41) is 0. The molecule has 0 aromatic carbocycles. The summed E-state index contributed by atoms with van der Waals surface area (Å²) in [4.78, 5) is 2.26. The second-order valence-corrected chi connectivity index (χ2v) is 5.17.